The number of hydrogen-bond donors (Lipinski definition) is 3. The third-order valence-corrected chi connectivity index (χ3v) is 12.0. The summed E-state index contributed by atoms with van der Waals surface area (Å²) in [4.78, 5) is 23.2. The molecule has 0 aromatic heterocycles. The van der Waals surface area contributed by atoms with Crippen LogP contribution in [0.2, 0.25) is 0 Å². The van der Waals surface area contributed by atoms with E-state index in [1.807, 2.05) is 27.2 Å². The first-order valence-corrected chi connectivity index (χ1v) is 26.5. The molecule has 352 valence electrons. The van der Waals surface area contributed by atoms with Crippen LogP contribution in [0.4, 0.5) is 0 Å². The lowest BCUT2D eigenvalue weighted by molar-refractivity contribution is -0.870. The monoisotopic (exact) mass is 866 g/mol. The van der Waals surface area contributed by atoms with Crippen LogP contribution < -0.4 is 5.32 Å². The van der Waals surface area contributed by atoms with Gasteiger partial charge in [-0.15, -0.1) is 0 Å². The highest BCUT2D eigenvalue weighted by molar-refractivity contribution is 7.47. The van der Waals surface area contributed by atoms with Crippen LogP contribution in [0.25, 0.3) is 0 Å². The van der Waals surface area contributed by atoms with Gasteiger partial charge in [-0.25, -0.2) is 4.57 Å². The predicted molar refractivity (Wildman–Crippen MR) is 258 cm³/mol. The summed E-state index contributed by atoms with van der Waals surface area (Å²) in [5, 5.41) is 13.9. The van der Waals surface area contributed by atoms with Crippen LogP contribution in [0.5, 0.6) is 0 Å². The molecule has 0 aliphatic heterocycles. The van der Waals surface area contributed by atoms with Crippen LogP contribution in [-0.4, -0.2) is 73.4 Å². The van der Waals surface area contributed by atoms with Gasteiger partial charge in [-0.1, -0.05) is 197 Å². The molecule has 0 saturated carbocycles. The van der Waals surface area contributed by atoms with Crippen molar-refractivity contribution in [2.24, 2.45) is 0 Å². The third-order valence-electron chi connectivity index (χ3n) is 11.0. The largest absolute Gasteiger partial charge is 0.472 e. The predicted octanol–water partition coefficient (Wildman–Crippen LogP) is 14.4. The van der Waals surface area contributed by atoms with E-state index in [9.17, 15) is 19.4 Å². The Hall–Kier alpha value is -1.54. The lowest BCUT2D eigenvalue weighted by atomic mass is 10.0. The number of nitrogens with zero attached hydrogens (tertiary/aromatic N) is 1. The second-order valence-corrected chi connectivity index (χ2v) is 19.6. The molecule has 0 spiro atoms. The molecule has 1 amide bonds. The zero-order valence-corrected chi connectivity index (χ0v) is 40.8. The molecule has 8 nitrogen and oxygen atoms in total. The Morgan fingerprint density at radius 2 is 0.967 bits per heavy atom. The van der Waals surface area contributed by atoms with E-state index in [1.54, 1.807) is 6.08 Å². The van der Waals surface area contributed by atoms with Crippen molar-refractivity contribution in [1.29, 1.82) is 0 Å². The van der Waals surface area contributed by atoms with Gasteiger partial charge in [-0.05, 0) is 64.2 Å². The zero-order valence-electron chi connectivity index (χ0n) is 39.9. The van der Waals surface area contributed by atoms with E-state index in [4.69, 9.17) is 9.05 Å². The van der Waals surface area contributed by atoms with Crippen LogP contribution in [0.1, 0.15) is 219 Å². The van der Waals surface area contributed by atoms with E-state index in [0.29, 0.717) is 17.4 Å². The molecule has 0 aromatic carbocycles. The number of nitrogens with one attached hydrogen (secondary N) is 1. The van der Waals surface area contributed by atoms with Crippen molar-refractivity contribution in [3.63, 3.8) is 0 Å². The molecule has 9 heteroatoms. The van der Waals surface area contributed by atoms with Gasteiger partial charge in [-0.3, -0.25) is 13.8 Å². The Bertz CT molecular complexity index is 1120. The molecule has 0 aliphatic rings. The number of amides is 1. The smallest absolute Gasteiger partial charge is 0.387 e. The average molecular weight is 866 g/mol. The number of aliphatic hydroxyl groups excluding tert-OH is 1. The average Bonchev–Trinajstić information content (AvgIpc) is 3.20. The van der Waals surface area contributed by atoms with Gasteiger partial charge in [0, 0.05) is 6.42 Å². The van der Waals surface area contributed by atoms with Crippen molar-refractivity contribution in [2.45, 2.75) is 231 Å². The maximum atomic E-state index is 12.9. The summed E-state index contributed by atoms with van der Waals surface area (Å²) in [5.74, 6) is -0.192. The van der Waals surface area contributed by atoms with Gasteiger partial charge in [0.2, 0.25) is 5.91 Å². The molecule has 0 radical (unpaired) electrons. The Morgan fingerprint density at radius 1 is 0.567 bits per heavy atom. The quantitative estimate of drug-likeness (QED) is 0.0244. The fourth-order valence-electron chi connectivity index (χ4n) is 7.03. The van der Waals surface area contributed by atoms with Gasteiger partial charge in [-0.2, -0.15) is 0 Å². The van der Waals surface area contributed by atoms with E-state index in [2.05, 4.69) is 55.6 Å². The fraction of sp³-hybridized carbons (Fsp3) is 0.824. The molecule has 3 N–H and O–H groups in total. The zero-order chi connectivity index (χ0) is 44.3. The molecule has 0 bridgehead atoms. The van der Waals surface area contributed by atoms with Crippen molar-refractivity contribution < 1.29 is 32.9 Å². The van der Waals surface area contributed by atoms with Gasteiger partial charge in [0.15, 0.2) is 0 Å². The summed E-state index contributed by atoms with van der Waals surface area (Å²) in [5.41, 5.74) is 0. The summed E-state index contributed by atoms with van der Waals surface area (Å²) < 4.78 is 23.6. The van der Waals surface area contributed by atoms with E-state index in [-0.39, 0.29) is 19.1 Å². The SMILES string of the molecule is CCCCCCC/C=C\C/C=C\CCCCCCCCCCCC(=O)NC(COP(=O)(O)OCC[N+](C)(C)C)C(O)/C=C/CC/C=C/CCCCCCCCCCCCC. The molecular weight excluding hydrogens is 768 g/mol. The maximum absolute atomic E-state index is 12.9. The Balaban J connectivity index is 4.38. The highest BCUT2D eigenvalue weighted by Crippen LogP contribution is 2.43. The van der Waals surface area contributed by atoms with E-state index in [0.717, 1.165) is 44.9 Å². The number of unbranched alkanes of at least 4 members (excludes halogenated alkanes) is 26. The number of likely N-dealkylation sites (N-methyl/N-ethyl adjacent to an activating group) is 1. The normalized spacial score (nSPS) is 14.6. The van der Waals surface area contributed by atoms with Crippen LogP contribution >= 0.6 is 7.82 Å². The Kier molecular flexibility index (Phi) is 41.6. The maximum Gasteiger partial charge on any atom is 0.472 e. The van der Waals surface area contributed by atoms with E-state index < -0.39 is 20.0 Å². The van der Waals surface area contributed by atoms with Gasteiger partial charge < -0.3 is 19.8 Å². The number of hydrogen-bond acceptors (Lipinski definition) is 5. The molecule has 0 fully saturated rings. The number of aliphatic hydroxyl groups is 1. The molecule has 0 heterocycles. The molecule has 0 saturated heterocycles. The van der Waals surface area contributed by atoms with Gasteiger partial charge in [0.05, 0.1) is 39.9 Å². The molecule has 0 aromatic rings. The number of carbonyl (C=O) groups is 1. The summed E-state index contributed by atoms with van der Waals surface area (Å²) in [6.07, 6.45) is 54.7. The number of quaternary nitrogens is 1. The number of phosphoric ester groups is 1. The first-order valence-electron chi connectivity index (χ1n) is 25.0. The second kappa shape index (κ2) is 42.7. The van der Waals surface area contributed by atoms with Crippen molar-refractivity contribution in [1.82, 2.24) is 5.32 Å². The van der Waals surface area contributed by atoms with Crippen LogP contribution in [0.15, 0.2) is 48.6 Å². The summed E-state index contributed by atoms with van der Waals surface area (Å²) in [7, 11) is 1.55. The van der Waals surface area contributed by atoms with Gasteiger partial charge in [0.1, 0.15) is 13.2 Å². The standard InChI is InChI=1S/C51H97N2O6P/c1-6-8-10-12-14-16-18-20-22-24-25-26-27-29-31-33-35-37-39-41-43-45-51(55)52-49(48-59-60(56,57)58-47-46-53(3,4)5)50(54)44-42-40-38-36-34-32-30-28-23-21-19-17-15-13-11-9-7-2/h18,20,24-25,34,36,42,44,49-50,54H,6-17,19,21-23,26-33,35,37-41,43,45-48H2,1-5H3,(H-,52,55,56,57)/p+1/b20-18-,25-24-,36-34+,44-42+. The van der Waals surface area contributed by atoms with Crippen LogP contribution in [0.3, 0.4) is 0 Å². The number of carbonyl (C=O) groups excluding carboxylic acids is 1. The van der Waals surface area contributed by atoms with Crippen molar-refractivity contribution in [3.05, 3.63) is 48.6 Å². The highest BCUT2D eigenvalue weighted by atomic mass is 31.2. The van der Waals surface area contributed by atoms with Crippen molar-refractivity contribution >= 4 is 13.7 Å². The minimum absolute atomic E-state index is 0.0543. The fourth-order valence-corrected chi connectivity index (χ4v) is 7.76. The third kappa shape index (κ3) is 44.5. The number of allylic oxidation sites excluding steroid dienone is 7. The minimum Gasteiger partial charge on any atom is -0.387 e. The first kappa shape index (κ1) is 58.5. The summed E-state index contributed by atoms with van der Waals surface area (Å²) in [6.45, 7) is 4.78. The number of rotatable bonds is 45. The Labute approximate surface area is 371 Å². The number of phosphoric acid groups is 1. The first-order chi connectivity index (χ1) is 29.0. The topological polar surface area (TPSA) is 105 Å². The molecule has 3 atom stereocenters. The summed E-state index contributed by atoms with van der Waals surface area (Å²) >= 11 is 0. The lowest BCUT2D eigenvalue weighted by Crippen LogP contribution is -2.45. The summed E-state index contributed by atoms with van der Waals surface area (Å²) in [6, 6.07) is -0.866. The van der Waals surface area contributed by atoms with Crippen LogP contribution in [-0.2, 0) is 18.4 Å². The van der Waals surface area contributed by atoms with E-state index >= 15 is 0 Å². The highest BCUT2D eigenvalue weighted by Gasteiger charge is 2.27. The van der Waals surface area contributed by atoms with Crippen LogP contribution in [0, 0.1) is 0 Å². The van der Waals surface area contributed by atoms with E-state index in [1.165, 1.54) is 154 Å². The molecule has 0 rings (SSSR count). The molecular formula is C51H98N2O6P+. The van der Waals surface area contributed by atoms with Gasteiger partial charge in [0.25, 0.3) is 0 Å². The molecule has 3 unspecified atom stereocenters. The Morgan fingerprint density at radius 3 is 1.43 bits per heavy atom. The minimum atomic E-state index is -4.35. The second-order valence-electron chi connectivity index (χ2n) is 18.2. The molecule has 60 heavy (non-hydrogen) atoms. The lowest BCUT2D eigenvalue weighted by Gasteiger charge is -2.25. The van der Waals surface area contributed by atoms with Crippen molar-refractivity contribution in [3.8, 4) is 0 Å². The van der Waals surface area contributed by atoms with Crippen molar-refractivity contribution in [2.75, 3.05) is 40.9 Å². The molecule has 0 aliphatic carbocycles. The van der Waals surface area contributed by atoms with Gasteiger partial charge >= 0.3 is 7.82 Å².